The van der Waals surface area contributed by atoms with Crippen LogP contribution in [0, 0.1) is 11.3 Å². The Bertz CT molecular complexity index is 360. The first-order chi connectivity index (χ1) is 6.60. The summed E-state index contributed by atoms with van der Waals surface area (Å²) in [5, 5.41) is 18.4. The van der Waals surface area contributed by atoms with Crippen molar-refractivity contribution >= 4 is 6.29 Å². The summed E-state index contributed by atoms with van der Waals surface area (Å²) >= 11 is 0. The predicted molar refractivity (Wildman–Crippen MR) is 51.4 cm³/mol. The van der Waals surface area contributed by atoms with Crippen molar-refractivity contribution in [3.63, 3.8) is 0 Å². The van der Waals surface area contributed by atoms with Crippen LogP contribution in [0.3, 0.4) is 0 Å². The van der Waals surface area contributed by atoms with Crippen LogP contribution in [0.1, 0.15) is 24.5 Å². The van der Waals surface area contributed by atoms with Gasteiger partial charge in [0.15, 0.2) is 0 Å². The lowest BCUT2D eigenvalue weighted by molar-refractivity contribution is -0.112. The Hall–Kier alpha value is -1.66. The molecule has 0 fully saturated rings. The summed E-state index contributed by atoms with van der Waals surface area (Å²) in [6.07, 6.45) is 0.733. The van der Waals surface area contributed by atoms with Gasteiger partial charge < -0.3 is 9.90 Å². The molecular formula is C11H11NO2. The fourth-order valence-corrected chi connectivity index (χ4v) is 1.18. The molecule has 0 aromatic heterocycles. The van der Waals surface area contributed by atoms with E-state index in [-0.39, 0.29) is 6.42 Å². The summed E-state index contributed by atoms with van der Waals surface area (Å²) < 4.78 is 0. The summed E-state index contributed by atoms with van der Waals surface area (Å²) in [7, 11) is 0. The Kier molecular flexibility index (Phi) is 3.00. The quantitative estimate of drug-likeness (QED) is 0.730. The maximum Gasteiger partial charge on any atom is 0.123 e. The van der Waals surface area contributed by atoms with Gasteiger partial charge in [-0.2, -0.15) is 5.26 Å². The van der Waals surface area contributed by atoms with E-state index < -0.39 is 5.60 Å². The standard InChI is InChI=1S/C11H11NO2/c1-11(14,6-7-13)10-4-2-9(8-12)3-5-10/h2-5,7,14H,6H2,1H3. The van der Waals surface area contributed by atoms with E-state index in [9.17, 15) is 9.90 Å². The van der Waals surface area contributed by atoms with Crippen LogP contribution in [0.5, 0.6) is 0 Å². The minimum atomic E-state index is -1.14. The summed E-state index contributed by atoms with van der Waals surface area (Å²) in [5.74, 6) is 0. The van der Waals surface area contributed by atoms with Crippen molar-refractivity contribution in [3.05, 3.63) is 35.4 Å². The molecule has 0 saturated carbocycles. The molecule has 1 aromatic carbocycles. The fraction of sp³-hybridized carbons (Fsp3) is 0.273. The van der Waals surface area contributed by atoms with Crippen LogP contribution in [0.2, 0.25) is 0 Å². The Morgan fingerprint density at radius 3 is 2.50 bits per heavy atom. The van der Waals surface area contributed by atoms with Gasteiger partial charge in [-0.1, -0.05) is 12.1 Å². The van der Waals surface area contributed by atoms with Crippen molar-refractivity contribution in [2.75, 3.05) is 0 Å². The zero-order valence-corrected chi connectivity index (χ0v) is 7.90. The van der Waals surface area contributed by atoms with Crippen LogP contribution in [0.4, 0.5) is 0 Å². The highest BCUT2D eigenvalue weighted by Crippen LogP contribution is 2.23. The van der Waals surface area contributed by atoms with E-state index in [0.717, 1.165) is 0 Å². The Balaban J connectivity index is 2.97. The van der Waals surface area contributed by atoms with Gasteiger partial charge in [-0.15, -0.1) is 0 Å². The zero-order chi connectivity index (χ0) is 10.6. The molecule has 1 N–H and O–H groups in total. The molecule has 3 heteroatoms. The molecule has 0 heterocycles. The number of nitrogens with zero attached hydrogens (tertiary/aromatic N) is 1. The number of aldehydes is 1. The minimum Gasteiger partial charge on any atom is -0.385 e. The molecule has 0 amide bonds. The van der Waals surface area contributed by atoms with E-state index in [1.807, 2.05) is 6.07 Å². The van der Waals surface area contributed by atoms with E-state index in [4.69, 9.17) is 5.26 Å². The molecule has 1 atom stereocenters. The average Bonchev–Trinajstić information content (AvgIpc) is 2.18. The first-order valence-corrected chi connectivity index (χ1v) is 4.27. The van der Waals surface area contributed by atoms with Crippen LogP contribution in [-0.2, 0) is 10.4 Å². The van der Waals surface area contributed by atoms with E-state index >= 15 is 0 Å². The van der Waals surface area contributed by atoms with Gasteiger partial charge in [0.05, 0.1) is 17.2 Å². The van der Waals surface area contributed by atoms with Crippen molar-refractivity contribution in [2.24, 2.45) is 0 Å². The number of nitriles is 1. The third-order valence-electron chi connectivity index (χ3n) is 2.12. The van der Waals surface area contributed by atoms with Crippen LogP contribution < -0.4 is 0 Å². The molecule has 1 unspecified atom stereocenters. The number of benzene rings is 1. The molecular weight excluding hydrogens is 178 g/mol. The van der Waals surface area contributed by atoms with Gasteiger partial charge >= 0.3 is 0 Å². The van der Waals surface area contributed by atoms with Gasteiger partial charge in [-0.05, 0) is 24.6 Å². The van der Waals surface area contributed by atoms with Crippen molar-refractivity contribution < 1.29 is 9.90 Å². The van der Waals surface area contributed by atoms with Gasteiger partial charge in [0, 0.05) is 6.42 Å². The predicted octanol–water partition coefficient (Wildman–Crippen LogP) is 1.35. The third-order valence-corrected chi connectivity index (χ3v) is 2.12. The van der Waals surface area contributed by atoms with Crippen molar-refractivity contribution in [2.45, 2.75) is 18.9 Å². The van der Waals surface area contributed by atoms with E-state index in [1.54, 1.807) is 31.2 Å². The van der Waals surface area contributed by atoms with Gasteiger partial charge in [0.2, 0.25) is 0 Å². The highest BCUT2D eigenvalue weighted by atomic mass is 16.3. The number of hydrogen-bond acceptors (Lipinski definition) is 3. The topological polar surface area (TPSA) is 61.1 Å². The molecule has 3 nitrogen and oxygen atoms in total. The van der Waals surface area contributed by atoms with Gasteiger partial charge in [0.1, 0.15) is 6.29 Å². The van der Waals surface area contributed by atoms with Crippen LogP contribution >= 0.6 is 0 Å². The normalized spacial score (nSPS) is 14.1. The molecule has 14 heavy (non-hydrogen) atoms. The number of rotatable bonds is 3. The second-order valence-corrected chi connectivity index (χ2v) is 3.33. The van der Waals surface area contributed by atoms with Crippen molar-refractivity contribution in [1.82, 2.24) is 0 Å². The molecule has 0 aliphatic heterocycles. The highest BCUT2D eigenvalue weighted by Gasteiger charge is 2.21. The van der Waals surface area contributed by atoms with E-state index in [0.29, 0.717) is 17.4 Å². The SMILES string of the molecule is CC(O)(CC=O)c1ccc(C#N)cc1. The summed E-state index contributed by atoms with van der Waals surface area (Å²) in [4.78, 5) is 10.3. The molecule has 0 radical (unpaired) electrons. The second-order valence-electron chi connectivity index (χ2n) is 3.33. The maximum absolute atomic E-state index is 10.3. The molecule has 0 bridgehead atoms. The third kappa shape index (κ3) is 2.18. The molecule has 72 valence electrons. The zero-order valence-electron chi connectivity index (χ0n) is 7.90. The van der Waals surface area contributed by atoms with Crippen LogP contribution in [0.15, 0.2) is 24.3 Å². The first-order valence-electron chi connectivity index (χ1n) is 4.27. The second kappa shape index (κ2) is 4.03. The minimum absolute atomic E-state index is 0.0545. The Morgan fingerprint density at radius 2 is 2.07 bits per heavy atom. The highest BCUT2D eigenvalue weighted by molar-refractivity contribution is 5.52. The number of carbonyl (C=O) groups excluding carboxylic acids is 1. The van der Waals surface area contributed by atoms with E-state index in [1.165, 1.54) is 0 Å². The average molecular weight is 189 g/mol. The molecule has 0 spiro atoms. The van der Waals surface area contributed by atoms with Gasteiger partial charge in [-0.3, -0.25) is 0 Å². The number of carbonyl (C=O) groups is 1. The number of aliphatic hydroxyl groups is 1. The summed E-state index contributed by atoms with van der Waals surface area (Å²) in [6.45, 7) is 1.57. The fourth-order valence-electron chi connectivity index (χ4n) is 1.18. The molecule has 1 aromatic rings. The number of hydrogen-bond donors (Lipinski definition) is 1. The molecule has 0 aliphatic carbocycles. The lowest BCUT2D eigenvalue weighted by Gasteiger charge is -2.20. The first kappa shape index (κ1) is 10.4. The largest absolute Gasteiger partial charge is 0.385 e. The summed E-state index contributed by atoms with van der Waals surface area (Å²) in [5.41, 5.74) is 0.0367. The Labute approximate surface area is 82.6 Å². The van der Waals surface area contributed by atoms with Crippen molar-refractivity contribution in [3.8, 4) is 6.07 Å². The lowest BCUT2D eigenvalue weighted by Crippen LogP contribution is -2.21. The Morgan fingerprint density at radius 1 is 1.50 bits per heavy atom. The van der Waals surface area contributed by atoms with Crippen LogP contribution in [-0.4, -0.2) is 11.4 Å². The smallest absolute Gasteiger partial charge is 0.123 e. The molecule has 0 aliphatic rings. The summed E-state index contributed by atoms with van der Waals surface area (Å²) in [6, 6.07) is 8.54. The van der Waals surface area contributed by atoms with E-state index in [2.05, 4.69) is 0 Å². The lowest BCUT2D eigenvalue weighted by atomic mass is 9.93. The van der Waals surface area contributed by atoms with Crippen molar-refractivity contribution in [1.29, 1.82) is 5.26 Å². The maximum atomic E-state index is 10.3. The molecule has 0 saturated heterocycles. The van der Waals surface area contributed by atoms with Crippen LogP contribution in [0.25, 0.3) is 0 Å². The molecule has 1 rings (SSSR count). The monoisotopic (exact) mass is 189 g/mol. The van der Waals surface area contributed by atoms with Gasteiger partial charge in [-0.25, -0.2) is 0 Å². The van der Waals surface area contributed by atoms with Gasteiger partial charge in [0.25, 0.3) is 0 Å².